The highest BCUT2D eigenvalue weighted by Crippen LogP contribution is 2.58. The molecule has 1 unspecified atom stereocenters. The smallest absolute Gasteiger partial charge is 0.0841 e. The summed E-state index contributed by atoms with van der Waals surface area (Å²) in [6.07, 6.45) is 5.09. The largest absolute Gasteiger partial charge is 0.516 e. The minimum absolute atomic E-state index is 0.0202. The van der Waals surface area contributed by atoms with Crippen LogP contribution in [0.1, 0.15) is 39.5 Å². The first-order valence-corrected chi connectivity index (χ1v) is 5.05. The molecule has 1 atom stereocenters. The second-order valence-electron chi connectivity index (χ2n) is 5.20. The Bertz CT molecular complexity index is 247. The van der Waals surface area contributed by atoms with Crippen LogP contribution < -0.4 is 0 Å². The Morgan fingerprint density at radius 3 is 2.15 bits per heavy atom. The molecule has 2 bridgehead atoms. The number of hydrogen-bond acceptors (Lipinski definition) is 2. The van der Waals surface area contributed by atoms with Crippen LogP contribution in [0.4, 0.5) is 0 Å². The van der Waals surface area contributed by atoms with E-state index in [1.165, 1.54) is 0 Å². The summed E-state index contributed by atoms with van der Waals surface area (Å²) < 4.78 is 0. The lowest BCUT2D eigenvalue weighted by Gasteiger charge is -2.54. The molecule has 3 aliphatic carbocycles. The van der Waals surface area contributed by atoms with E-state index in [1.54, 1.807) is 0 Å². The van der Waals surface area contributed by atoms with Crippen molar-refractivity contribution >= 4 is 0 Å². The standard InChI is InChI=1S/C11H18O2/c1-10-3-5-11(2,6-4-10)9(13)8(10)7-12/h7,9,12-13H,3-6H2,1-2H3/b8-7-. The van der Waals surface area contributed by atoms with Crippen molar-refractivity contribution in [3.8, 4) is 0 Å². The quantitative estimate of drug-likeness (QED) is 0.565. The number of hydrogen-bond donors (Lipinski definition) is 2. The fourth-order valence-corrected chi connectivity index (χ4v) is 2.87. The van der Waals surface area contributed by atoms with Gasteiger partial charge >= 0.3 is 0 Å². The van der Waals surface area contributed by atoms with Gasteiger partial charge in [-0.3, -0.25) is 0 Å². The van der Waals surface area contributed by atoms with E-state index in [4.69, 9.17) is 5.11 Å². The summed E-state index contributed by atoms with van der Waals surface area (Å²) in [5.41, 5.74) is 0.936. The van der Waals surface area contributed by atoms with E-state index in [0.717, 1.165) is 37.5 Å². The fourth-order valence-electron chi connectivity index (χ4n) is 2.87. The summed E-state index contributed by atoms with van der Waals surface area (Å²) in [4.78, 5) is 0. The Hall–Kier alpha value is -0.500. The number of aliphatic hydroxyl groups excluding tert-OH is 2. The number of rotatable bonds is 0. The maximum absolute atomic E-state index is 10.1. The molecule has 0 aromatic carbocycles. The molecule has 3 aliphatic rings. The Morgan fingerprint density at radius 1 is 1.23 bits per heavy atom. The first-order chi connectivity index (χ1) is 6.02. The van der Waals surface area contributed by atoms with Gasteiger partial charge in [0.15, 0.2) is 0 Å². The molecular formula is C11H18O2. The Morgan fingerprint density at radius 2 is 1.77 bits per heavy atom. The third-order valence-corrected chi connectivity index (χ3v) is 4.29. The van der Waals surface area contributed by atoms with Crippen LogP contribution in [0.5, 0.6) is 0 Å². The average Bonchev–Trinajstić information content (AvgIpc) is 2.10. The van der Waals surface area contributed by atoms with Crippen molar-refractivity contribution in [2.75, 3.05) is 0 Å². The maximum atomic E-state index is 10.1. The summed E-state index contributed by atoms with van der Waals surface area (Å²) in [5.74, 6) is 0. The normalized spacial score (nSPS) is 52.8. The van der Waals surface area contributed by atoms with Crippen LogP contribution >= 0.6 is 0 Å². The molecule has 2 N–H and O–H groups in total. The van der Waals surface area contributed by atoms with Gasteiger partial charge in [0.25, 0.3) is 0 Å². The number of fused-ring (bicyclic) bond motifs is 3. The van der Waals surface area contributed by atoms with E-state index in [-0.39, 0.29) is 10.8 Å². The van der Waals surface area contributed by atoms with Crippen LogP contribution in [-0.4, -0.2) is 16.3 Å². The van der Waals surface area contributed by atoms with Crippen LogP contribution in [0, 0.1) is 10.8 Å². The van der Waals surface area contributed by atoms with Crippen LogP contribution in [0.25, 0.3) is 0 Å². The molecule has 0 aliphatic heterocycles. The molecule has 0 amide bonds. The van der Waals surface area contributed by atoms with E-state index < -0.39 is 6.10 Å². The summed E-state index contributed by atoms with van der Waals surface area (Å²) in [5, 5.41) is 19.2. The molecular weight excluding hydrogens is 164 g/mol. The zero-order valence-corrected chi connectivity index (χ0v) is 8.38. The first-order valence-electron chi connectivity index (χ1n) is 5.05. The van der Waals surface area contributed by atoms with Crippen LogP contribution in [-0.2, 0) is 0 Å². The average molecular weight is 182 g/mol. The summed E-state index contributed by atoms with van der Waals surface area (Å²) in [7, 11) is 0. The van der Waals surface area contributed by atoms with Crippen molar-refractivity contribution in [1.82, 2.24) is 0 Å². The van der Waals surface area contributed by atoms with Gasteiger partial charge in [0, 0.05) is 0 Å². The highest BCUT2D eigenvalue weighted by molar-refractivity contribution is 5.26. The lowest BCUT2D eigenvalue weighted by molar-refractivity contribution is -0.0502. The molecule has 0 saturated heterocycles. The Balaban J connectivity index is 2.41. The topological polar surface area (TPSA) is 40.5 Å². The molecule has 2 nitrogen and oxygen atoms in total. The molecule has 0 aromatic rings. The third-order valence-electron chi connectivity index (χ3n) is 4.29. The molecule has 0 spiro atoms. The van der Waals surface area contributed by atoms with Crippen molar-refractivity contribution in [2.24, 2.45) is 10.8 Å². The van der Waals surface area contributed by atoms with Crippen molar-refractivity contribution in [3.05, 3.63) is 11.8 Å². The highest BCUT2D eigenvalue weighted by Gasteiger charge is 2.52. The molecule has 13 heavy (non-hydrogen) atoms. The van der Waals surface area contributed by atoms with Gasteiger partial charge in [-0.25, -0.2) is 0 Å². The number of aliphatic hydroxyl groups is 2. The second-order valence-corrected chi connectivity index (χ2v) is 5.20. The SMILES string of the molecule is CC12CCC(C)(CC1)C(O)/C2=C/O. The van der Waals surface area contributed by atoms with Gasteiger partial charge in [0.2, 0.25) is 0 Å². The molecule has 3 rings (SSSR count). The van der Waals surface area contributed by atoms with E-state index >= 15 is 0 Å². The van der Waals surface area contributed by atoms with Crippen LogP contribution in [0.15, 0.2) is 11.8 Å². The van der Waals surface area contributed by atoms with E-state index in [1.807, 2.05) is 0 Å². The highest BCUT2D eigenvalue weighted by atomic mass is 16.3. The second kappa shape index (κ2) is 2.50. The van der Waals surface area contributed by atoms with Gasteiger partial charge in [-0.2, -0.15) is 0 Å². The van der Waals surface area contributed by atoms with E-state index in [2.05, 4.69) is 13.8 Å². The summed E-state index contributed by atoms with van der Waals surface area (Å²) in [6, 6.07) is 0. The monoisotopic (exact) mass is 182 g/mol. The van der Waals surface area contributed by atoms with Gasteiger partial charge in [-0.05, 0) is 42.1 Å². The molecule has 3 fully saturated rings. The molecule has 0 heterocycles. The van der Waals surface area contributed by atoms with Crippen molar-refractivity contribution in [3.63, 3.8) is 0 Å². The Labute approximate surface area is 79.3 Å². The molecule has 74 valence electrons. The predicted octanol–water partition coefficient (Wildman–Crippen LogP) is 2.39. The van der Waals surface area contributed by atoms with Crippen LogP contribution in [0.2, 0.25) is 0 Å². The zero-order chi connectivity index (χ0) is 9.69. The maximum Gasteiger partial charge on any atom is 0.0841 e. The molecule has 0 aromatic heterocycles. The minimum Gasteiger partial charge on any atom is -0.516 e. The Kier molecular flexibility index (Phi) is 1.75. The van der Waals surface area contributed by atoms with Crippen molar-refractivity contribution in [2.45, 2.75) is 45.6 Å². The van der Waals surface area contributed by atoms with E-state index in [9.17, 15) is 5.11 Å². The van der Waals surface area contributed by atoms with Crippen molar-refractivity contribution < 1.29 is 10.2 Å². The minimum atomic E-state index is -0.426. The molecule has 2 heteroatoms. The van der Waals surface area contributed by atoms with Gasteiger partial charge in [0.1, 0.15) is 0 Å². The lowest BCUT2D eigenvalue weighted by atomic mass is 9.52. The van der Waals surface area contributed by atoms with E-state index in [0.29, 0.717) is 0 Å². The predicted molar refractivity (Wildman–Crippen MR) is 51.4 cm³/mol. The summed E-state index contributed by atoms with van der Waals surface area (Å²) in [6.45, 7) is 4.27. The summed E-state index contributed by atoms with van der Waals surface area (Å²) >= 11 is 0. The first kappa shape index (κ1) is 9.07. The lowest BCUT2D eigenvalue weighted by Crippen LogP contribution is -2.50. The van der Waals surface area contributed by atoms with Crippen molar-refractivity contribution in [1.29, 1.82) is 0 Å². The van der Waals surface area contributed by atoms with Gasteiger partial charge in [0.05, 0.1) is 12.4 Å². The third kappa shape index (κ3) is 1.05. The van der Waals surface area contributed by atoms with Crippen LogP contribution in [0.3, 0.4) is 0 Å². The molecule has 3 saturated carbocycles. The molecule has 0 radical (unpaired) electrons. The fraction of sp³-hybridized carbons (Fsp3) is 0.818. The van der Waals surface area contributed by atoms with Gasteiger partial charge < -0.3 is 10.2 Å². The zero-order valence-electron chi connectivity index (χ0n) is 8.38. The van der Waals surface area contributed by atoms with Gasteiger partial charge in [-0.15, -0.1) is 0 Å². The van der Waals surface area contributed by atoms with Gasteiger partial charge in [-0.1, -0.05) is 13.8 Å².